The molecule has 2 aromatic rings. The van der Waals surface area contributed by atoms with Gasteiger partial charge in [0, 0.05) is 0 Å². The van der Waals surface area contributed by atoms with Crippen molar-refractivity contribution in [2.24, 2.45) is 0 Å². The molecule has 0 aliphatic heterocycles. The average molecular weight is 306 g/mol. The molecule has 0 saturated heterocycles. The third kappa shape index (κ3) is 4.30. The smallest absolute Gasteiger partial charge is 0.419 e. The van der Waals surface area contributed by atoms with Crippen LogP contribution < -0.4 is 9.44 Å². The van der Waals surface area contributed by atoms with Gasteiger partial charge in [-0.3, -0.25) is 0 Å². The molecule has 0 bridgehead atoms. The Balaban J connectivity index is 2.36. The van der Waals surface area contributed by atoms with Crippen molar-refractivity contribution < 1.29 is 18.3 Å². The molecule has 0 spiro atoms. The van der Waals surface area contributed by atoms with Gasteiger partial charge in [-0.15, -0.1) is 0 Å². The highest BCUT2D eigenvalue weighted by Gasteiger charge is 2.22. The van der Waals surface area contributed by atoms with Crippen LogP contribution in [0.5, 0.6) is 0 Å². The Morgan fingerprint density at radius 2 is 1.33 bits per heavy atom. The first-order chi connectivity index (χ1) is 9.98. The highest BCUT2D eigenvalue weighted by molar-refractivity contribution is 7.88. The van der Waals surface area contributed by atoms with Gasteiger partial charge < -0.3 is 5.11 Å². The SMILES string of the molecule is O=C(O)NS(=O)(=O)NC(c1ccccc1)c1ccccc1. The van der Waals surface area contributed by atoms with Gasteiger partial charge in [0.15, 0.2) is 0 Å². The third-order valence-corrected chi connectivity index (χ3v) is 3.75. The zero-order chi connectivity index (χ0) is 15.3. The number of rotatable bonds is 5. The van der Waals surface area contributed by atoms with E-state index >= 15 is 0 Å². The van der Waals surface area contributed by atoms with Crippen molar-refractivity contribution >= 4 is 16.3 Å². The van der Waals surface area contributed by atoms with Crippen LogP contribution in [-0.4, -0.2) is 19.6 Å². The van der Waals surface area contributed by atoms with Crippen LogP contribution in [-0.2, 0) is 10.2 Å². The molecule has 2 rings (SSSR count). The van der Waals surface area contributed by atoms with Crippen molar-refractivity contribution in [2.45, 2.75) is 6.04 Å². The number of amides is 1. The first kappa shape index (κ1) is 15.0. The molecular weight excluding hydrogens is 292 g/mol. The molecule has 0 fully saturated rings. The molecule has 2 aromatic carbocycles. The molecule has 0 aliphatic rings. The van der Waals surface area contributed by atoms with Crippen LogP contribution in [0.1, 0.15) is 17.2 Å². The Hall–Kier alpha value is -2.38. The van der Waals surface area contributed by atoms with Crippen molar-refractivity contribution in [3.63, 3.8) is 0 Å². The minimum absolute atomic E-state index is 0.677. The predicted octanol–water partition coefficient (Wildman–Crippen LogP) is 1.88. The summed E-state index contributed by atoms with van der Waals surface area (Å²) in [6.45, 7) is 0. The Morgan fingerprint density at radius 3 is 1.71 bits per heavy atom. The number of carbonyl (C=O) groups is 1. The second-order valence-electron chi connectivity index (χ2n) is 4.28. The van der Waals surface area contributed by atoms with Crippen molar-refractivity contribution in [1.29, 1.82) is 0 Å². The molecule has 0 aromatic heterocycles. The molecule has 1 amide bonds. The number of hydrogen-bond acceptors (Lipinski definition) is 3. The van der Waals surface area contributed by atoms with Gasteiger partial charge in [-0.25, -0.2) is 9.52 Å². The Labute approximate surface area is 122 Å². The average Bonchev–Trinajstić information content (AvgIpc) is 2.45. The van der Waals surface area contributed by atoms with Crippen LogP contribution >= 0.6 is 0 Å². The highest BCUT2D eigenvalue weighted by atomic mass is 32.2. The maximum absolute atomic E-state index is 11.8. The summed E-state index contributed by atoms with van der Waals surface area (Å²) in [6, 6.07) is 17.1. The van der Waals surface area contributed by atoms with Crippen molar-refractivity contribution in [3.8, 4) is 0 Å². The van der Waals surface area contributed by atoms with E-state index in [4.69, 9.17) is 5.11 Å². The Bertz CT molecular complexity index is 663. The molecular formula is C14H14N2O4S. The number of nitrogens with one attached hydrogen (secondary N) is 2. The molecule has 21 heavy (non-hydrogen) atoms. The first-order valence-electron chi connectivity index (χ1n) is 6.11. The lowest BCUT2D eigenvalue weighted by Gasteiger charge is -2.19. The summed E-state index contributed by atoms with van der Waals surface area (Å²) < 4.78 is 27.4. The monoisotopic (exact) mass is 306 g/mol. The molecule has 0 saturated carbocycles. The molecule has 0 unspecified atom stereocenters. The summed E-state index contributed by atoms with van der Waals surface area (Å²) in [5.74, 6) is 0. The zero-order valence-corrected chi connectivity index (χ0v) is 11.7. The van der Waals surface area contributed by atoms with Crippen LogP contribution in [0.15, 0.2) is 60.7 Å². The van der Waals surface area contributed by atoms with Gasteiger partial charge in [0.1, 0.15) is 0 Å². The minimum atomic E-state index is -4.18. The van der Waals surface area contributed by atoms with Crippen LogP contribution in [0.3, 0.4) is 0 Å². The van der Waals surface area contributed by atoms with Gasteiger partial charge in [-0.1, -0.05) is 60.7 Å². The second-order valence-corrected chi connectivity index (χ2v) is 5.73. The van der Waals surface area contributed by atoms with E-state index in [2.05, 4.69) is 4.72 Å². The minimum Gasteiger partial charge on any atom is -0.464 e. The molecule has 0 heterocycles. The molecule has 0 radical (unpaired) electrons. The predicted molar refractivity (Wildman–Crippen MR) is 77.9 cm³/mol. The largest absolute Gasteiger partial charge is 0.464 e. The van der Waals surface area contributed by atoms with E-state index in [9.17, 15) is 13.2 Å². The second kappa shape index (κ2) is 6.38. The van der Waals surface area contributed by atoms with Crippen LogP contribution in [0, 0.1) is 0 Å². The molecule has 6 nitrogen and oxygen atoms in total. The maximum Gasteiger partial charge on any atom is 0.419 e. The van der Waals surface area contributed by atoms with E-state index in [-0.39, 0.29) is 0 Å². The van der Waals surface area contributed by atoms with Crippen molar-refractivity contribution in [2.75, 3.05) is 0 Å². The van der Waals surface area contributed by atoms with Gasteiger partial charge in [0.25, 0.3) is 0 Å². The summed E-state index contributed by atoms with van der Waals surface area (Å²) in [6.07, 6.45) is -1.64. The fourth-order valence-electron chi connectivity index (χ4n) is 1.92. The van der Waals surface area contributed by atoms with Gasteiger partial charge >= 0.3 is 16.3 Å². The Kier molecular flexibility index (Phi) is 4.56. The van der Waals surface area contributed by atoms with E-state index in [0.717, 1.165) is 0 Å². The van der Waals surface area contributed by atoms with Gasteiger partial charge in [-0.05, 0) is 11.1 Å². The van der Waals surface area contributed by atoms with E-state index in [1.807, 2.05) is 12.1 Å². The number of hydrogen-bond donors (Lipinski definition) is 3. The fraction of sp³-hybridized carbons (Fsp3) is 0.0714. The van der Waals surface area contributed by atoms with Gasteiger partial charge in [-0.2, -0.15) is 13.1 Å². The van der Waals surface area contributed by atoms with E-state index in [1.54, 1.807) is 48.5 Å². The number of carboxylic acid groups (broad SMARTS) is 1. The van der Waals surface area contributed by atoms with Gasteiger partial charge in [0.2, 0.25) is 0 Å². The summed E-state index contributed by atoms with van der Waals surface area (Å²) in [7, 11) is -4.18. The first-order valence-corrected chi connectivity index (χ1v) is 7.59. The molecule has 0 atom stereocenters. The lowest BCUT2D eigenvalue weighted by Crippen LogP contribution is -2.41. The van der Waals surface area contributed by atoms with E-state index in [0.29, 0.717) is 11.1 Å². The normalized spacial score (nSPS) is 11.3. The van der Waals surface area contributed by atoms with Crippen LogP contribution in [0.2, 0.25) is 0 Å². The molecule has 0 aliphatic carbocycles. The lowest BCUT2D eigenvalue weighted by molar-refractivity contribution is 0.201. The quantitative estimate of drug-likeness (QED) is 0.786. The number of benzene rings is 2. The van der Waals surface area contributed by atoms with Gasteiger partial charge in [0.05, 0.1) is 6.04 Å². The van der Waals surface area contributed by atoms with Crippen LogP contribution in [0.25, 0.3) is 0 Å². The highest BCUT2D eigenvalue weighted by Crippen LogP contribution is 2.22. The molecule has 3 N–H and O–H groups in total. The standard InChI is InChI=1S/C14H14N2O4S/c17-14(18)16-21(19,20)15-13(11-7-3-1-4-8-11)12-9-5-2-6-10-12/h1-10,13,15-16H,(H,17,18). The summed E-state index contributed by atoms with van der Waals surface area (Å²) >= 11 is 0. The molecule has 110 valence electrons. The molecule has 7 heteroatoms. The van der Waals surface area contributed by atoms with Crippen LogP contribution in [0.4, 0.5) is 4.79 Å². The zero-order valence-electron chi connectivity index (χ0n) is 10.9. The van der Waals surface area contributed by atoms with E-state index in [1.165, 1.54) is 4.72 Å². The fourth-order valence-corrected chi connectivity index (χ4v) is 2.79. The Morgan fingerprint density at radius 1 is 0.905 bits per heavy atom. The summed E-state index contributed by atoms with van der Waals surface area (Å²) in [5, 5.41) is 8.57. The summed E-state index contributed by atoms with van der Waals surface area (Å²) in [5.41, 5.74) is 1.42. The topological polar surface area (TPSA) is 95.5 Å². The summed E-state index contributed by atoms with van der Waals surface area (Å²) in [4.78, 5) is 10.5. The van der Waals surface area contributed by atoms with E-state index < -0.39 is 22.3 Å². The third-order valence-electron chi connectivity index (χ3n) is 2.76. The lowest BCUT2D eigenvalue weighted by atomic mass is 10.00. The van der Waals surface area contributed by atoms with Crippen molar-refractivity contribution in [1.82, 2.24) is 9.44 Å². The van der Waals surface area contributed by atoms with Crippen molar-refractivity contribution in [3.05, 3.63) is 71.8 Å². The maximum atomic E-state index is 11.8.